The highest BCUT2D eigenvalue weighted by Crippen LogP contribution is 2.16. The minimum Gasteiger partial charge on any atom is -0.331 e. The molecule has 1 aromatic heterocycles. The van der Waals surface area contributed by atoms with Gasteiger partial charge in [-0.25, -0.2) is 4.98 Å². The molecule has 0 aliphatic carbocycles. The van der Waals surface area contributed by atoms with Crippen LogP contribution in [-0.4, -0.2) is 27.1 Å². The second-order valence-electron chi connectivity index (χ2n) is 4.72. The second-order valence-corrected chi connectivity index (χ2v) is 5.87. The first-order chi connectivity index (χ1) is 9.26. The normalized spacial score (nSPS) is 13.0. The zero-order chi connectivity index (χ0) is 13.7. The van der Waals surface area contributed by atoms with Gasteiger partial charge in [0.25, 0.3) is 0 Å². The number of thioether (sulfide) groups is 1. The van der Waals surface area contributed by atoms with Crippen LogP contribution in [0.2, 0.25) is 0 Å². The Morgan fingerprint density at radius 2 is 2.21 bits per heavy atom. The van der Waals surface area contributed by atoms with Gasteiger partial charge in [-0.2, -0.15) is 11.8 Å². The fourth-order valence-corrected chi connectivity index (χ4v) is 3.09. The number of hydrazine groups is 1. The Bertz CT molecular complexity index is 523. The maximum Gasteiger partial charge on any atom is 0.111 e. The number of hydrogen-bond donors (Lipinski definition) is 2. The smallest absolute Gasteiger partial charge is 0.111 e. The molecule has 1 atom stereocenters. The summed E-state index contributed by atoms with van der Waals surface area (Å²) in [6.07, 6.45) is 2.06. The van der Waals surface area contributed by atoms with Crippen molar-refractivity contribution in [1.82, 2.24) is 15.0 Å². The van der Waals surface area contributed by atoms with Crippen molar-refractivity contribution >= 4 is 22.8 Å². The first kappa shape index (κ1) is 14.4. The zero-order valence-electron chi connectivity index (χ0n) is 11.6. The van der Waals surface area contributed by atoms with Crippen molar-refractivity contribution in [1.29, 1.82) is 0 Å². The van der Waals surface area contributed by atoms with E-state index in [4.69, 9.17) is 5.84 Å². The van der Waals surface area contributed by atoms with Gasteiger partial charge in [-0.15, -0.1) is 0 Å². The number of rotatable bonds is 7. The first-order valence-electron chi connectivity index (χ1n) is 6.70. The summed E-state index contributed by atoms with van der Waals surface area (Å²) in [6, 6.07) is 8.49. The van der Waals surface area contributed by atoms with Gasteiger partial charge in [-0.3, -0.25) is 11.3 Å². The molecule has 0 fully saturated rings. The summed E-state index contributed by atoms with van der Waals surface area (Å²) in [7, 11) is 2.07. The molecule has 0 saturated heterocycles. The summed E-state index contributed by atoms with van der Waals surface area (Å²) in [4.78, 5) is 4.69. The monoisotopic (exact) mass is 278 g/mol. The van der Waals surface area contributed by atoms with Crippen molar-refractivity contribution in [3.63, 3.8) is 0 Å². The highest BCUT2D eigenvalue weighted by Gasteiger charge is 2.13. The van der Waals surface area contributed by atoms with Gasteiger partial charge < -0.3 is 4.57 Å². The molecule has 3 N–H and O–H groups in total. The largest absolute Gasteiger partial charge is 0.331 e. The van der Waals surface area contributed by atoms with Crippen LogP contribution in [0.15, 0.2) is 24.3 Å². The quantitative estimate of drug-likeness (QED) is 0.462. The van der Waals surface area contributed by atoms with Gasteiger partial charge in [0, 0.05) is 25.3 Å². The average molecular weight is 278 g/mol. The van der Waals surface area contributed by atoms with Crippen molar-refractivity contribution < 1.29 is 0 Å². The average Bonchev–Trinajstić information content (AvgIpc) is 2.75. The molecule has 0 aliphatic rings. The zero-order valence-corrected chi connectivity index (χ0v) is 12.4. The Morgan fingerprint density at radius 3 is 2.89 bits per heavy atom. The predicted octanol–water partition coefficient (Wildman–Crippen LogP) is 2.09. The molecular formula is C14H22N4S. The maximum atomic E-state index is 5.65. The molecule has 1 aromatic carbocycles. The topological polar surface area (TPSA) is 55.9 Å². The van der Waals surface area contributed by atoms with Crippen LogP contribution in [0, 0.1) is 0 Å². The summed E-state index contributed by atoms with van der Waals surface area (Å²) in [5.41, 5.74) is 5.14. The Kier molecular flexibility index (Phi) is 5.24. The summed E-state index contributed by atoms with van der Waals surface area (Å²) in [6.45, 7) is 2.20. The molecule has 2 aromatic rings. The molecule has 2 rings (SSSR count). The molecule has 0 radical (unpaired) electrons. The Labute approximate surface area is 118 Å². The van der Waals surface area contributed by atoms with Crippen LogP contribution in [-0.2, 0) is 13.5 Å². The molecule has 1 heterocycles. The van der Waals surface area contributed by atoms with Crippen LogP contribution >= 0.6 is 11.8 Å². The van der Waals surface area contributed by atoms with Gasteiger partial charge in [0.05, 0.1) is 11.0 Å². The fourth-order valence-electron chi connectivity index (χ4n) is 2.13. The summed E-state index contributed by atoms with van der Waals surface area (Å²) in [5, 5.41) is 0. The standard InChI is InChI=1S/C14H22N4S/c1-3-8-19-10-11(17-15)9-14-16-12-6-4-5-7-13(12)18(14)2/h4-7,11,17H,3,8-10,15H2,1-2H3. The summed E-state index contributed by atoms with van der Waals surface area (Å²) < 4.78 is 2.16. The van der Waals surface area contributed by atoms with E-state index in [0.29, 0.717) is 0 Å². The van der Waals surface area contributed by atoms with Crippen molar-refractivity contribution in [3.05, 3.63) is 30.1 Å². The van der Waals surface area contributed by atoms with Crippen LogP contribution in [0.3, 0.4) is 0 Å². The van der Waals surface area contributed by atoms with Gasteiger partial charge in [-0.1, -0.05) is 19.1 Å². The lowest BCUT2D eigenvalue weighted by Crippen LogP contribution is -2.39. The van der Waals surface area contributed by atoms with E-state index in [-0.39, 0.29) is 6.04 Å². The van der Waals surface area contributed by atoms with E-state index in [2.05, 4.69) is 41.1 Å². The lowest BCUT2D eigenvalue weighted by Gasteiger charge is -2.15. The van der Waals surface area contributed by atoms with Crippen LogP contribution in [0.1, 0.15) is 19.2 Å². The number of fused-ring (bicyclic) bond motifs is 1. The molecule has 0 spiro atoms. The van der Waals surface area contributed by atoms with Gasteiger partial charge in [-0.05, 0) is 24.3 Å². The van der Waals surface area contributed by atoms with E-state index < -0.39 is 0 Å². The van der Waals surface area contributed by atoms with Crippen molar-refractivity contribution in [2.24, 2.45) is 12.9 Å². The molecule has 5 heteroatoms. The molecule has 104 valence electrons. The number of imidazole rings is 1. The molecule has 19 heavy (non-hydrogen) atoms. The summed E-state index contributed by atoms with van der Waals surface area (Å²) in [5.74, 6) is 8.93. The minimum absolute atomic E-state index is 0.270. The van der Waals surface area contributed by atoms with Crippen molar-refractivity contribution in [2.45, 2.75) is 25.8 Å². The SMILES string of the molecule is CCCSCC(Cc1nc2ccccc2n1C)NN. The number of nitrogens with zero attached hydrogens (tertiary/aromatic N) is 2. The van der Waals surface area contributed by atoms with Crippen LogP contribution in [0.5, 0.6) is 0 Å². The number of hydrogen-bond acceptors (Lipinski definition) is 4. The minimum atomic E-state index is 0.270. The van der Waals surface area contributed by atoms with E-state index in [0.717, 1.165) is 23.5 Å². The number of nitrogens with one attached hydrogen (secondary N) is 1. The number of aromatic nitrogens is 2. The predicted molar refractivity (Wildman–Crippen MR) is 83.1 cm³/mol. The molecule has 0 saturated carbocycles. The Morgan fingerprint density at radius 1 is 1.42 bits per heavy atom. The van der Waals surface area contributed by atoms with Crippen LogP contribution in [0.4, 0.5) is 0 Å². The molecule has 4 nitrogen and oxygen atoms in total. The van der Waals surface area contributed by atoms with E-state index in [9.17, 15) is 0 Å². The van der Waals surface area contributed by atoms with E-state index in [1.807, 2.05) is 23.9 Å². The number of aryl methyl sites for hydroxylation is 1. The lowest BCUT2D eigenvalue weighted by atomic mass is 10.2. The van der Waals surface area contributed by atoms with Crippen LogP contribution in [0.25, 0.3) is 11.0 Å². The van der Waals surface area contributed by atoms with Gasteiger partial charge in [0.2, 0.25) is 0 Å². The lowest BCUT2D eigenvalue weighted by molar-refractivity contribution is 0.554. The van der Waals surface area contributed by atoms with E-state index >= 15 is 0 Å². The molecule has 0 amide bonds. The van der Waals surface area contributed by atoms with Gasteiger partial charge in [0.1, 0.15) is 5.82 Å². The molecular weight excluding hydrogens is 256 g/mol. The number of nitrogens with two attached hydrogens (primary N) is 1. The molecule has 0 aliphatic heterocycles. The van der Waals surface area contributed by atoms with Crippen molar-refractivity contribution in [3.8, 4) is 0 Å². The molecule has 1 unspecified atom stereocenters. The highest BCUT2D eigenvalue weighted by atomic mass is 32.2. The maximum absolute atomic E-state index is 5.65. The second kappa shape index (κ2) is 6.93. The first-order valence-corrected chi connectivity index (χ1v) is 7.86. The number of benzene rings is 1. The van der Waals surface area contributed by atoms with Crippen molar-refractivity contribution in [2.75, 3.05) is 11.5 Å². The van der Waals surface area contributed by atoms with E-state index in [1.54, 1.807) is 0 Å². The Hall–Kier alpha value is -1.04. The van der Waals surface area contributed by atoms with Gasteiger partial charge >= 0.3 is 0 Å². The highest BCUT2D eigenvalue weighted by molar-refractivity contribution is 7.99. The number of para-hydroxylation sites is 2. The fraction of sp³-hybridized carbons (Fsp3) is 0.500. The third-order valence-corrected chi connectivity index (χ3v) is 4.55. The van der Waals surface area contributed by atoms with Crippen LogP contribution < -0.4 is 11.3 Å². The molecule has 0 bridgehead atoms. The van der Waals surface area contributed by atoms with Gasteiger partial charge in [0.15, 0.2) is 0 Å². The third-order valence-electron chi connectivity index (χ3n) is 3.21. The summed E-state index contributed by atoms with van der Waals surface area (Å²) >= 11 is 1.94. The Balaban J connectivity index is 2.08. The third kappa shape index (κ3) is 3.49. The van der Waals surface area contributed by atoms with E-state index in [1.165, 1.54) is 17.7 Å².